The fourth-order valence-corrected chi connectivity index (χ4v) is 3.89. The molecule has 0 spiro atoms. The standard InChI is InChI=1S/C25H24N6/c1-17-5-4-6-22(11-17)27-16-25-26-9-10-31(25)24-14-20(12-18(2)29-24)19-7-8-23-21(13-19)15-28-30(23)3/h4-15,27H,16H2,1-3H3. The zero-order valence-electron chi connectivity index (χ0n) is 17.9. The Morgan fingerprint density at radius 3 is 2.74 bits per heavy atom. The average Bonchev–Trinajstić information content (AvgIpc) is 3.38. The molecule has 0 amide bonds. The molecule has 0 fully saturated rings. The van der Waals surface area contributed by atoms with Gasteiger partial charge in [0.2, 0.25) is 0 Å². The zero-order chi connectivity index (χ0) is 21.4. The summed E-state index contributed by atoms with van der Waals surface area (Å²) >= 11 is 0. The van der Waals surface area contributed by atoms with Gasteiger partial charge in [-0.2, -0.15) is 5.10 Å². The van der Waals surface area contributed by atoms with Gasteiger partial charge in [0.15, 0.2) is 0 Å². The maximum absolute atomic E-state index is 4.78. The van der Waals surface area contributed by atoms with Gasteiger partial charge in [0.25, 0.3) is 0 Å². The van der Waals surface area contributed by atoms with Crippen molar-refractivity contribution in [2.75, 3.05) is 5.32 Å². The molecule has 6 heteroatoms. The van der Waals surface area contributed by atoms with Crippen molar-refractivity contribution in [3.8, 4) is 16.9 Å². The molecule has 3 heterocycles. The topological polar surface area (TPSA) is 60.6 Å². The number of aryl methyl sites for hydroxylation is 3. The second-order valence-electron chi connectivity index (χ2n) is 7.83. The monoisotopic (exact) mass is 408 g/mol. The highest BCUT2D eigenvalue weighted by molar-refractivity contribution is 5.84. The van der Waals surface area contributed by atoms with Crippen LogP contribution in [0.3, 0.4) is 0 Å². The minimum absolute atomic E-state index is 0.614. The van der Waals surface area contributed by atoms with Gasteiger partial charge in [0, 0.05) is 36.2 Å². The predicted molar refractivity (Wildman–Crippen MR) is 124 cm³/mol. The predicted octanol–water partition coefficient (Wildman–Crippen LogP) is 5.05. The molecule has 0 radical (unpaired) electrons. The molecule has 154 valence electrons. The van der Waals surface area contributed by atoms with E-state index in [1.807, 2.05) is 41.8 Å². The quantitative estimate of drug-likeness (QED) is 0.442. The molecule has 0 saturated carbocycles. The largest absolute Gasteiger partial charge is 0.378 e. The molecule has 0 atom stereocenters. The number of pyridine rings is 1. The van der Waals surface area contributed by atoms with Crippen LogP contribution < -0.4 is 5.32 Å². The smallest absolute Gasteiger partial charge is 0.138 e. The molecule has 2 aromatic carbocycles. The second-order valence-corrected chi connectivity index (χ2v) is 7.83. The van der Waals surface area contributed by atoms with Crippen molar-refractivity contribution in [3.05, 3.63) is 90.3 Å². The zero-order valence-corrected chi connectivity index (χ0v) is 17.9. The minimum Gasteiger partial charge on any atom is -0.378 e. The van der Waals surface area contributed by atoms with Crippen LogP contribution in [0.1, 0.15) is 17.1 Å². The van der Waals surface area contributed by atoms with E-state index in [-0.39, 0.29) is 0 Å². The molecule has 1 N–H and O–H groups in total. The van der Waals surface area contributed by atoms with Crippen LogP contribution in [0, 0.1) is 13.8 Å². The lowest BCUT2D eigenvalue weighted by Gasteiger charge is -2.12. The van der Waals surface area contributed by atoms with Crippen LogP contribution in [0.2, 0.25) is 0 Å². The third-order valence-corrected chi connectivity index (χ3v) is 5.45. The number of benzene rings is 2. The van der Waals surface area contributed by atoms with Gasteiger partial charge in [-0.25, -0.2) is 9.97 Å². The van der Waals surface area contributed by atoms with E-state index in [9.17, 15) is 0 Å². The summed E-state index contributed by atoms with van der Waals surface area (Å²) in [4.78, 5) is 9.33. The van der Waals surface area contributed by atoms with Gasteiger partial charge >= 0.3 is 0 Å². The van der Waals surface area contributed by atoms with Crippen molar-refractivity contribution >= 4 is 16.6 Å². The lowest BCUT2D eigenvalue weighted by Crippen LogP contribution is -2.09. The second kappa shape index (κ2) is 7.72. The number of aromatic nitrogens is 5. The highest BCUT2D eigenvalue weighted by atomic mass is 15.2. The minimum atomic E-state index is 0.614. The first kappa shape index (κ1) is 19.1. The number of nitrogens with zero attached hydrogens (tertiary/aromatic N) is 5. The Hall–Kier alpha value is -3.93. The Bertz CT molecular complexity index is 1380. The Morgan fingerprint density at radius 1 is 0.968 bits per heavy atom. The van der Waals surface area contributed by atoms with Crippen molar-refractivity contribution in [2.45, 2.75) is 20.4 Å². The number of anilines is 1. The first-order valence-electron chi connectivity index (χ1n) is 10.3. The van der Waals surface area contributed by atoms with Crippen LogP contribution >= 0.6 is 0 Å². The Kier molecular flexibility index (Phi) is 4.75. The lowest BCUT2D eigenvalue weighted by molar-refractivity contribution is 0.797. The molecule has 0 saturated heterocycles. The highest BCUT2D eigenvalue weighted by Crippen LogP contribution is 2.26. The Balaban J connectivity index is 1.47. The van der Waals surface area contributed by atoms with Crippen molar-refractivity contribution in [1.29, 1.82) is 0 Å². The van der Waals surface area contributed by atoms with Crippen LogP contribution in [-0.4, -0.2) is 24.3 Å². The molecule has 0 aliphatic rings. The van der Waals surface area contributed by atoms with E-state index in [1.54, 1.807) is 0 Å². The van der Waals surface area contributed by atoms with Crippen molar-refractivity contribution in [1.82, 2.24) is 24.3 Å². The molecule has 5 rings (SSSR count). The van der Waals surface area contributed by atoms with E-state index in [0.29, 0.717) is 6.54 Å². The fourth-order valence-electron chi connectivity index (χ4n) is 3.89. The van der Waals surface area contributed by atoms with E-state index in [0.717, 1.165) is 45.1 Å². The maximum Gasteiger partial charge on any atom is 0.138 e. The van der Waals surface area contributed by atoms with E-state index in [2.05, 4.69) is 76.9 Å². The van der Waals surface area contributed by atoms with E-state index < -0.39 is 0 Å². The summed E-state index contributed by atoms with van der Waals surface area (Å²) in [5, 5.41) is 8.94. The van der Waals surface area contributed by atoms with E-state index >= 15 is 0 Å². The SMILES string of the molecule is Cc1cccc(NCc2nccn2-c2cc(-c3ccc4c(cnn4C)c3)cc(C)n2)c1. The van der Waals surface area contributed by atoms with Gasteiger partial charge in [-0.1, -0.05) is 18.2 Å². The number of hydrogen-bond donors (Lipinski definition) is 1. The molecule has 0 aliphatic carbocycles. The maximum atomic E-state index is 4.78. The average molecular weight is 409 g/mol. The summed E-state index contributed by atoms with van der Waals surface area (Å²) in [6.07, 6.45) is 5.68. The van der Waals surface area contributed by atoms with Gasteiger partial charge in [0.05, 0.1) is 18.3 Å². The molecule has 5 aromatic rings. The third kappa shape index (κ3) is 3.80. The molecule has 0 aliphatic heterocycles. The summed E-state index contributed by atoms with van der Waals surface area (Å²) in [6.45, 7) is 4.73. The summed E-state index contributed by atoms with van der Waals surface area (Å²) in [6, 6.07) is 19.0. The third-order valence-electron chi connectivity index (χ3n) is 5.45. The highest BCUT2D eigenvalue weighted by Gasteiger charge is 2.10. The molecule has 6 nitrogen and oxygen atoms in total. The molecular formula is C25H24N6. The molecule has 3 aromatic heterocycles. The van der Waals surface area contributed by atoms with Crippen LogP contribution in [0.25, 0.3) is 27.8 Å². The van der Waals surface area contributed by atoms with Crippen LogP contribution in [0.4, 0.5) is 5.69 Å². The molecule has 31 heavy (non-hydrogen) atoms. The molecule has 0 bridgehead atoms. The summed E-state index contributed by atoms with van der Waals surface area (Å²) in [5.74, 6) is 1.77. The number of nitrogens with one attached hydrogen (secondary N) is 1. The van der Waals surface area contributed by atoms with E-state index in [4.69, 9.17) is 4.98 Å². The summed E-state index contributed by atoms with van der Waals surface area (Å²) in [5.41, 5.74) is 6.66. The van der Waals surface area contributed by atoms with Crippen LogP contribution in [0.15, 0.2) is 73.2 Å². The van der Waals surface area contributed by atoms with Gasteiger partial charge in [-0.15, -0.1) is 0 Å². The number of fused-ring (bicyclic) bond motifs is 1. The number of imidazole rings is 1. The fraction of sp³-hybridized carbons (Fsp3) is 0.160. The lowest BCUT2D eigenvalue weighted by atomic mass is 10.0. The Labute approximate surface area is 181 Å². The summed E-state index contributed by atoms with van der Waals surface area (Å²) in [7, 11) is 1.96. The van der Waals surface area contributed by atoms with Gasteiger partial charge in [0.1, 0.15) is 11.6 Å². The van der Waals surface area contributed by atoms with Crippen molar-refractivity contribution in [2.24, 2.45) is 7.05 Å². The van der Waals surface area contributed by atoms with Crippen LogP contribution in [0.5, 0.6) is 0 Å². The van der Waals surface area contributed by atoms with Crippen LogP contribution in [-0.2, 0) is 13.6 Å². The van der Waals surface area contributed by atoms with Gasteiger partial charge < -0.3 is 5.32 Å². The van der Waals surface area contributed by atoms with E-state index in [1.165, 1.54) is 5.56 Å². The molecule has 0 unspecified atom stereocenters. The summed E-state index contributed by atoms with van der Waals surface area (Å²) < 4.78 is 3.93. The van der Waals surface area contributed by atoms with Crippen molar-refractivity contribution in [3.63, 3.8) is 0 Å². The number of rotatable bonds is 5. The van der Waals surface area contributed by atoms with Crippen molar-refractivity contribution < 1.29 is 0 Å². The van der Waals surface area contributed by atoms with Gasteiger partial charge in [-0.3, -0.25) is 9.25 Å². The Morgan fingerprint density at radius 2 is 1.87 bits per heavy atom. The molecular weight excluding hydrogens is 384 g/mol. The normalized spacial score (nSPS) is 11.2. The first-order valence-corrected chi connectivity index (χ1v) is 10.3. The first-order chi connectivity index (χ1) is 15.1. The number of hydrogen-bond acceptors (Lipinski definition) is 4. The van der Waals surface area contributed by atoms with Gasteiger partial charge in [-0.05, 0) is 66.9 Å².